The van der Waals surface area contributed by atoms with Crippen LogP contribution in [-0.2, 0) is 22.6 Å². The molecule has 31 heavy (non-hydrogen) atoms. The van der Waals surface area contributed by atoms with Crippen LogP contribution in [0.2, 0.25) is 0 Å². The molecule has 4 rings (SSSR count). The minimum Gasteiger partial charge on any atom is -0.467 e. The maximum Gasteiger partial charge on any atom is 0.230 e. The molecule has 3 heterocycles. The van der Waals surface area contributed by atoms with Gasteiger partial charge in [-0.1, -0.05) is 53.4 Å². The van der Waals surface area contributed by atoms with Crippen molar-refractivity contribution in [1.29, 1.82) is 0 Å². The highest BCUT2D eigenvalue weighted by molar-refractivity contribution is 8.01. The molecular weight excluding hydrogens is 434 g/mol. The number of nitrogens with one attached hydrogen (secondary N) is 1. The largest absolute Gasteiger partial charge is 0.467 e. The average molecular weight is 458 g/mol. The first-order valence-corrected chi connectivity index (χ1v) is 11.8. The number of rotatable bonds is 8. The van der Waals surface area contributed by atoms with Gasteiger partial charge >= 0.3 is 0 Å². The van der Waals surface area contributed by atoms with Gasteiger partial charge in [-0.2, -0.15) is 0 Å². The summed E-state index contributed by atoms with van der Waals surface area (Å²) in [6, 6.07) is 13.4. The highest BCUT2D eigenvalue weighted by Crippen LogP contribution is 2.28. The Balaban J connectivity index is 1.20. The number of amides is 2. The first-order valence-electron chi connectivity index (χ1n) is 9.99. The quantitative estimate of drug-likeness (QED) is 0.520. The van der Waals surface area contributed by atoms with Gasteiger partial charge in [0.15, 0.2) is 4.34 Å². The molecule has 10 heteroatoms. The van der Waals surface area contributed by atoms with Crippen LogP contribution in [0.4, 0.5) is 5.13 Å². The highest BCUT2D eigenvalue weighted by atomic mass is 32.2. The molecule has 3 aromatic rings. The molecule has 2 amide bonds. The maximum absolute atomic E-state index is 12.5. The molecule has 2 aromatic heterocycles. The van der Waals surface area contributed by atoms with E-state index in [2.05, 4.69) is 20.4 Å². The van der Waals surface area contributed by atoms with Crippen molar-refractivity contribution in [3.8, 4) is 0 Å². The van der Waals surface area contributed by atoms with Crippen LogP contribution in [0, 0.1) is 0 Å². The molecule has 8 nitrogen and oxygen atoms in total. The van der Waals surface area contributed by atoms with E-state index >= 15 is 0 Å². The molecule has 0 spiro atoms. The maximum atomic E-state index is 12.5. The molecular formula is C21H23N5O3S2. The highest BCUT2D eigenvalue weighted by Gasteiger charge is 2.23. The second-order valence-corrected chi connectivity index (χ2v) is 9.20. The van der Waals surface area contributed by atoms with Crippen LogP contribution in [0.25, 0.3) is 0 Å². The van der Waals surface area contributed by atoms with E-state index in [1.807, 2.05) is 41.3 Å². The first kappa shape index (κ1) is 21.4. The predicted molar refractivity (Wildman–Crippen MR) is 120 cm³/mol. The van der Waals surface area contributed by atoms with Gasteiger partial charge in [-0.3, -0.25) is 9.59 Å². The van der Waals surface area contributed by atoms with E-state index in [1.54, 1.807) is 12.3 Å². The van der Waals surface area contributed by atoms with Gasteiger partial charge in [0.05, 0.1) is 25.0 Å². The van der Waals surface area contributed by atoms with Crippen molar-refractivity contribution in [2.75, 3.05) is 36.8 Å². The van der Waals surface area contributed by atoms with Crippen molar-refractivity contribution >= 4 is 40.0 Å². The zero-order chi connectivity index (χ0) is 21.5. The summed E-state index contributed by atoms with van der Waals surface area (Å²) in [5.41, 5.74) is 1.04. The van der Waals surface area contributed by atoms with E-state index in [9.17, 15) is 9.59 Å². The lowest BCUT2D eigenvalue weighted by molar-refractivity contribution is -0.130. The number of furan rings is 1. The molecule has 0 saturated carbocycles. The molecule has 1 fully saturated rings. The summed E-state index contributed by atoms with van der Waals surface area (Å²) in [4.78, 5) is 28.6. The fourth-order valence-corrected chi connectivity index (χ4v) is 4.92. The van der Waals surface area contributed by atoms with Gasteiger partial charge in [-0.15, -0.1) is 10.2 Å². The number of hydrogen-bond acceptors (Lipinski definition) is 8. The summed E-state index contributed by atoms with van der Waals surface area (Å²) in [7, 11) is 0. The van der Waals surface area contributed by atoms with Crippen LogP contribution in [0.1, 0.15) is 11.3 Å². The first-order chi connectivity index (χ1) is 15.2. The van der Waals surface area contributed by atoms with Crippen molar-refractivity contribution in [2.24, 2.45) is 0 Å². The molecule has 0 radical (unpaired) electrons. The standard InChI is InChI=1S/C21H23N5O3S2/c27-18(22-14-17-7-4-12-29-17)15-30-21-24-23-20(31-21)26-10-8-25(9-11-26)19(28)13-16-5-2-1-3-6-16/h1-7,12H,8-11,13-15H2,(H,22,27). The van der Waals surface area contributed by atoms with Crippen molar-refractivity contribution in [3.63, 3.8) is 0 Å². The lowest BCUT2D eigenvalue weighted by atomic mass is 10.1. The van der Waals surface area contributed by atoms with Crippen LogP contribution < -0.4 is 10.2 Å². The van der Waals surface area contributed by atoms with Crippen LogP contribution in [-0.4, -0.2) is 58.8 Å². The van der Waals surface area contributed by atoms with Crippen molar-refractivity contribution in [1.82, 2.24) is 20.4 Å². The number of anilines is 1. The van der Waals surface area contributed by atoms with Crippen LogP contribution in [0.15, 0.2) is 57.5 Å². The number of aromatic nitrogens is 2. The zero-order valence-electron chi connectivity index (χ0n) is 16.9. The molecule has 0 aliphatic carbocycles. The molecule has 0 unspecified atom stereocenters. The normalized spacial score (nSPS) is 13.9. The summed E-state index contributed by atoms with van der Waals surface area (Å²) >= 11 is 2.84. The Morgan fingerprint density at radius 3 is 2.61 bits per heavy atom. The van der Waals surface area contributed by atoms with E-state index in [1.165, 1.54) is 23.1 Å². The number of thioether (sulfide) groups is 1. The molecule has 1 aromatic carbocycles. The fraction of sp³-hybridized carbons (Fsp3) is 0.333. The molecule has 0 bridgehead atoms. The minimum atomic E-state index is -0.0799. The summed E-state index contributed by atoms with van der Waals surface area (Å²) in [5, 5.41) is 12.1. The number of carbonyl (C=O) groups excluding carboxylic acids is 2. The van der Waals surface area contributed by atoms with E-state index < -0.39 is 0 Å². The van der Waals surface area contributed by atoms with Crippen LogP contribution in [0.5, 0.6) is 0 Å². The van der Waals surface area contributed by atoms with E-state index in [-0.39, 0.29) is 17.6 Å². The van der Waals surface area contributed by atoms with Gasteiger partial charge in [0.1, 0.15) is 5.76 Å². The average Bonchev–Trinajstić information content (AvgIpc) is 3.49. The minimum absolute atomic E-state index is 0.0799. The van der Waals surface area contributed by atoms with Gasteiger partial charge in [-0.25, -0.2) is 0 Å². The van der Waals surface area contributed by atoms with Crippen molar-refractivity contribution < 1.29 is 14.0 Å². The van der Waals surface area contributed by atoms with E-state index in [0.717, 1.165) is 33.9 Å². The Bertz CT molecular complexity index is 986. The number of carbonyl (C=O) groups is 2. The summed E-state index contributed by atoms with van der Waals surface area (Å²) in [6.07, 6.45) is 2.01. The Kier molecular flexibility index (Phi) is 7.21. The number of nitrogens with zero attached hydrogens (tertiary/aromatic N) is 4. The lowest BCUT2D eigenvalue weighted by Gasteiger charge is -2.34. The Hall–Kier alpha value is -2.85. The van der Waals surface area contributed by atoms with Gasteiger partial charge in [-0.05, 0) is 17.7 Å². The fourth-order valence-electron chi connectivity index (χ4n) is 3.20. The Morgan fingerprint density at radius 1 is 1.06 bits per heavy atom. The van der Waals surface area contributed by atoms with E-state index in [4.69, 9.17) is 4.42 Å². The van der Waals surface area contributed by atoms with Crippen LogP contribution in [0.3, 0.4) is 0 Å². The van der Waals surface area contributed by atoms with Crippen LogP contribution >= 0.6 is 23.1 Å². The monoisotopic (exact) mass is 457 g/mol. The Morgan fingerprint density at radius 2 is 1.87 bits per heavy atom. The second-order valence-electron chi connectivity index (χ2n) is 7.03. The molecule has 0 atom stereocenters. The molecule has 1 saturated heterocycles. The zero-order valence-corrected chi connectivity index (χ0v) is 18.5. The third-order valence-electron chi connectivity index (χ3n) is 4.86. The van der Waals surface area contributed by atoms with Gasteiger partial charge in [0.2, 0.25) is 16.9 Å². The third kappa shape index (κ3) is 6.08. The summed E-state index contributed by atoms with van der Waals surface area (Å²) in [5.74, 6) is 1.07. The lowest BCUT2D eigenvalue weighted by Crippen LogP contribution is -2.49. The molecule has 1 aliphatic heterocycles. The number of benzene rings is 1. The Labute approximate surface area is 188 Å². The molecule has 162 valence electrons. The summed E-state index contributed by atoms with van der Waals surface area (Å²) in [6.45, 7) is 3.17. The second kappa shape index (κ2) is 10.5. The molecule has 1 aliphatic rings. The third-order valence-corrected chi connectivity index (χ3v) is 6.98. The predicted octanol–water partition coefficient (Wildman–Crippen LogP) is 2.43. The van der Waals surface area contributed by atoms with Gasteiger partial charge < -0.3 is 19.5 Å². The van der Waals surface area contributed by atoms with E-state index in [0.29, 0.717) is 26.1 Å². The van der Waals surface area contributed by atoms with Crippen molar-refractivity contribution in [2.45, 2.75) is 17.3 Å². The summed E-state index contributed by atoms with van der Waals surface area (Å²) < 4.78 is 5.95. The topological polar surface area (TPSA) is 91.6 Å². The SMILES string of the molecule is O=C(CSc1nnc(N2CCN(C(=O)Cc3ccccc3)CC2)s1)NCc1ccco1. The smallest absolute Gasteiger partial charge is 0.230 e. The number of hydrogen-bond donors (Lipinski definition) is 1. The van der Waals surface area contributed by atoms with Gasteiger partial charge in [0.25, 0.3) is 0 Å². The van der Waals surface area contributed by atoms with Gasteiger partial charge in [0, 0.05) is 26.2 Å². The van der Waals surface area contributed by atoms with Crippen molar-refractivity contribution in [3.05, 3.63) is 60.1 Å². The molecule has 1 N–H and O–H groups in total. The number of piperazine rings is 1.